The minimum atomic E-state index is -0.762. The summed E-state index contributed by atoms with van der Waals surface area (Å²) in [5, 5.41) is 9.11. The number of fused-ring (bicyclic) bond motifs is 1. The average Bonchev–Trinajstić information content (AvgIpc) is 2.59. The van der Waals surface area contributed by atoms with Gasteiger partial charge in [-0.1, -0.05) is 0 Å². The van der Waals surface area contributed by atoms with E-state index in [2.05, 4.69) is 4.90 Å². The number of carbonyl (C=O) groups is 2. The van der Waals surface area contributed by atoms with Crippen LogP contribution < -0.4 is 0 Å². The highest BCUT2D eigenvalue weighted by Gasteiger charge is 2.38. The van der Waals surface area contributed by atoms with Gasteiger partial charge in [0.1, 0.15) is 0 Å². The molecule has 2 heterocycles. The minimum Gasteiger partial charge on any atom is -0.481 e. The Balaban J connectivity index is 1.94. The summed E-state index contributed by atoms with van der Waals surface area (Å²) in [6, 6.07) is 0.306. The molecule has 1 amide bonds. The maximum atomic E-state index is 11.5. The van der Waals surface area contributed by atoms with Crippen molar-refractivity contribution in [1.82, 2.24) is 9.80 Å². The van der Waals surface area contributed by atoms with E-state index in [9.17, 15) is 9.59 Å². The standard InChI is InChI=1S/C12H20N2O3/c1-12(2,11(16)17)8-13-5-6-14-9(7-13)3-4-10(14)15/h9H,3-8H2,1-2H3,(H,16,17). The zero-order chi connectivity index (χ0) is 12.6. The topological polar surface area (TPSA) is 60.9 Å². The van der Waals surface area contributed by atoms with E-state index >= 15 is 0 Å². The van der Waals surface area contributed by atoms with Crippen molar-refractivity contribution in [2.75, 3.05) is 26.2 Å². The van der Waals surface area contributed by atoms with Gasteiger partial charge in [-0.25, -0.2) is 0 Å². The largest absolute Gasteiger partial charge is 0.481 e. The summed E-state index contributed by atoms with van der Waals surface area (Å²) in [5.74, 6) is -0.505. The predicted octanol–water partition coefficient (Wildman–Crippen LogP) is 0.404. The Morgan fingerprint density at radius 1 is 1.47 bits per heavy atom. The Morgan fingerprint density at radius 2 is 2.18 bits per heavy atom. The molecule has 0 aliphatic carbocycles. The molecule has 2 saturated heterocycles. The predicted molar refractivity (Wildman–Crippen MR) is 62.6 cm³/mol. The highest BCUT2D eigenvalue weighted by Crippen LogP contribution is 2.25. The van der Waals surface area contributed by atoms with E-state index in [-0.39, 0.29) is 5.91 Å². The molecule has 17 heavy (non-hydrogen) atoms. The first-order valence-electron chi connectivity index (χ1n) is 6.15. The number of hydrogen-bond donors (Lipinski definition) is 1. The molecule has 0 bridgehead atoms. The quantitative estimate of drug-likeness (QED) is 0.776. The van der Waals surface area contributed by atoms with Crippen molar-refractivity contribution in [3.8, 4) is 0 Å². The van der Waals surface area contributed by atoms with Gasteiger partial charge in [0.05, 0.1) is 5.41 Å². The molecule has 0 radical (unpaired) electrons. The van der Waals surface area contributed by atoms with Gasteiger partial charge >= 0.3 is 5.97 Å². The normalized spacial score (nSPS) is 26.1. The molecule has 1 atom stereocenters. The third kappa shape index (κ3) is 2.44. The van der Waals surface area contributed by atoms with E-state index in [1.54, 1.807) is 13.8 Å². The number of hydrogen-bond acceptors (Lipinski definition) is 3. The Kier molecular flexibility index (Phi) is 3.12. The number of aliphatic carboxylic acids is 1. The third-order valence-corrected chi connectivity index (χ3v) is 3.78. The Labute approximate surface area is 101 Å². The van der Waals surface area contributed by atoms with Crippen molar-refractivity contribution in [3.05, 3.63) is 0 Å². The van der Waals surface area contributed by atoms with Crippen LogP contribution in [0.25, 0.3) is 0 Å². The van der Waals surface area contributed by atoms with Crippen LogP contribution in [0.3, 0.4) is 0 Å². The number of carboxylic acid groups (broad SMARTS) is 1. The summed E-state index contributed by atoms with van der Waals surface area (Å²) in [7, 11) is 0. The molecule has 5 heteroatoms. The van der Waals surface area contributed by atoms with Gasteiger partial charge in [-0.3, -0.25) is 14.5 Å². The summed E-state index contributed by atoms with van der Waals surface area (Å²) in [6.07, 6.45) is 1.57. The maximum Gasteiger partial charge on any atom is 0.310 e. The Morgan fingerprint density at radius 3 is 2.82 bits per heavy atom. The van der Waals surface area contributed by atoms with Crippen LogP contribution in [0.1, 0.15) is 26.7 Å². The second kappa shape index (κ2) is 4.29. The molecular weight excluding hydrogens is 220 g/mol. The smallest absolute Gasteiger partial charge is 0.310 e. The van der Waals surface area contributed by atoms with E-state index in [1.807, 2.05) is 4.90 Å². The maximum absolute atomic E-state index is 11.5. The molecule has 2 fully saturated rings. The fraction of sp³-hybridized carbons (Fsp3) is 0.833. The fourth-order valence-corrected chi connectivity index (χ4v) is 2.70. The van der Waals surface area contributed by atoms with Crippen LogP contribution in [0, 0.1) is 5.41 Å². The molecular formula is C12H20N2O3. The van der Waals surface area contributed by atoms with E-state index in [4.69, 9.17) is 5.11 Å². The van der Waals surface area contributed by atoms with Gasteiger partial charge in [-0.15, -0.1) is 0 Å². The summed E-state index contributed by atoms with van der Waals surface area (Å²) in [5.41, 5.74) is -0.717. The van der Waals surface area contributed by atoms with E-state index < -0.39 is 11.4 Å². The molecule has 2 aliphatic heterocycles. The van der Waals surface area contributed by atoms with E-state index in [0.29, 0.717) is 19.0 Å². The van der Waals surface area contributed by atoms with Gasteiger partial charge in [0.25, 0.3) is 0 Å². The van der Waals surface area contributed by atoms with Gasteiger partial charge in [-0.2, -0.15) is 0 Å². The van der Waals surface area contributed by atoms with Crippen molar-refractivity contribution in [3.63, 3.8) is 0 Å². The first-order valence-corrected chi connectivity index (χ1v) is 6.15. The molecule has 0 saturated carbocycles. The molecule has 0 aromatic rings. The van der Waals surface area contributed by atoms with Crippen molar-refractivity contribution < 1.29 is 14.7 Å². The van der Waals surface area contributed by atoms with Gasteiger partial charge in [-0.05, 0) is 20.3 Å². The van der Waals surface area contributed by atoms with E-state index in [0.717, 1.165) is 26.1 Å². The highest BCUT2D eigenvalue weighted by molar-refractivity contribution is 5.79. The second-order valence-corrected chi connectivity index (χ2v) is 5.70. The van der Waals surface area contributed by atoms with Crippen LogP contribution in [0.2, 0.25) is 0 Å². The summed E-state index contributed by atoms with van der Waals surface area (Å²) in [6.45, 7) is 6.42. The molecule has 96 valence electrons. The molecule has 0 aromatic heterocycles. The summed E-state index contributed by atoms with van der Waals surface area (Å²) >= 11 is 0. The number of amides is 1. The monoisotopic (exact) mass is 240 g/mol. The van der Waals surface area contributed by atoms with Gasteiger partial charge < -0.3 is 10.0 Å². The zero-order valence-electron chi connectivity index (χ0n) is 10.5. The number of piperazine rings is 1. The molecule has 0 aromatic carbocycles. The zero-order valence-corrected chi connectivity index (χ0v) is 10.5. The van der Waals surface area contributed by atoms with Crippen molar-refractivity contribution in [1.29, 1.82) is 0 Å². The lowest BCUT2D eigenvalue weighted by atomic mass is 9.92. The highest BCUT2D eigenvalue weighted by atomic mass is 16.4. The van der Waals surface area contributed by atoms with Crippen molar-refractivity contribution in [2.45, 2.75) is 32.7 Å². The summed E-state index contributed by atoms with van der Waals surface area (Å²) < 4.78 is 0. The van der Waals surface area contributed by atoms with Crippen LogP contribution >= 0.6 is 0 Å². The van der Waals surface area contributed by atoms with E-state index in [1.165, 1.54) is 0 Å². The lowest BCUT2D eigenvalue weighted by molar-refractivity contribution is -0.148. The lowest BCUT2D eigenvalue weighted by Crippen LogP contribution is -2.54. The molecule has 1 N–H and O–H groups in total. The molecule has 5 nitrogen and oxygen atoms in total. The van der Waals surface area contributed by atoms with Gasteiger partial charge in [0.15, 0.2) is 0 Å². The Hall–Kier alpha value is -1.10. The van der Waals surface area contributed by atoms with Crippen LogP contribution in [0.5, 0.6) is 0 Å². The SMILES string of the molecule is CC(C)(CN1CCN2C(=O)CCC2C1)C(=O)O. The fourth-order valence-electron chi connectivity index (χ4n) is 2.70. The average molecular weight is 240 g/mol. The van der Waals surface area contributed by atoms with Gasteiger partial charge in [0, 0.05) is 38.6 Å². The number of rotatable bonds is 3. The van der Waals surface area contributed by atoms with Crippen LogP contribution in [0.15, 0.2) is 0 Å². The molecule has 2 rings (SSSR count). The van der Waals surface area contributed by atoms with Crippen LogP contribution in [-0.2, 0) is 9.59 Å². The van der Waals surface area contributed by atoms with Crippen LogP contribution in [0.4, 0.5) is 0 Å². The second-order valence-electron chi connectivity index (χ2n) is 5.70. The third-order valence-electron chi connectivity index (χ3n) is 3.78. The van der Waals surface area contributed by atoms with Crippen molar-refractivity contribution in [2.24, 2.45) is 5.41 Å². The van der Waals surface area contributed by atoms with Crippen LogP contribution in [-0.4, -0.2) is 59.0 Å². The number of carbonyl (C=O) groups excluding carboxylic acids is 1. The molecule has 2 aliphatic rings. The number of nitrogens with zero attached hydrogens (tertiary/aromatic N) is 2. The van der Waals surface area contributed by atoms with Crippen molar-refractivity contribution >= 4 is 11.9 Å². The minimum absolute atomic E-state index is 0.257. The molecule has 1 unspecified atom stereocenters. The first kappa shape index (κ1) is 12.4. The summed E-state index contributed by atoms with van der Waals surface area (Å²) in [4.78, 5) is 26.7. The first-order chi connectivity index (χ1) is 7.90. The lowest BCUT2D eigenvalue weighted by Gasteiger charge is -2.39. The molecule has 0 spiro atoms. The van der Waals surface area contributed by atoms with Gasteiger partial charge in [0.2, 0.25) is 5.91 Å². The Bertz CT molecular complexity index is 341. The number of carboxylic acids is 1.